The minimum atomic E-state index is 0.948. The van der Waals surface area contributed by atoms with E-state index in [1.807, 2.05) is 0 Å². The fraction of sp³-hybridized carbons (Fsp3) is 0.480. The zero-order valence-corrected chi connectivity index (χ0v) is 17.7. The minimum Gasteiger partial charge on any atom is -0.385 e. The lowest BCUT2D eigenvalue weighted by Gasteiger charge is -2.28. The quantitative estimate of drug-likeness (QED) is 0.465. The zero-order chi connectivity index (χ0) is 19.9. The number of nitrogens with one attached hydrogen (secondary N) is 1. The number of likely N-dealkylation sites (tertiary alicyclic amines) is 1. The van der Waals surface area contributed by atoms with Crippen LogP contribution in [0.4, 0.5) is 0 Å². The lowest BCUT2D eigenvalue weighted by molar-refractivity contribution is 0.340. The number of allylic oxidation sites excluding steroid dienone is 3. The van der Waals surface area contributed by atoms with E-state index in [1.54, 1.807) is 0 Å². The number of aliphatic imine (C=N–C) groups is 1. The summed E-state index contributed by atoms with van der Waals surface area (Å²) in [5, 5.41) is 3.39. The molecular weight excluding hydrogens is 342 g/mol. The summed E-state index contributed by atoms with van der Waals surface area (Å²) in [4.78, 5) is 7.50. The van der Waals surface area contributed by atoms with Crippen LogP contribution in [0.1, 0.15) is 69.9 Å². The van der Waals surface area contributed by atoms with E-state index in [0.29, 0.717) is 0 Å². The fourth-order valence-electron chi connectivity index (χ4n) is 4.11. The molecule has 3 nitrogen and oxygen atoms in total. The average Bonchev–Trinajstić information content (AvgIpc) is 3.20. The lowest BCUT2D eigenvalue weighted by Crippen LogP contribution is -2.34. The van der Waals surface area contributed by atoms with Crippen LogP contribution in [0.15, 0.2) is 53.7 Å². The number of hydrogen-bond acceptors (Lipinski definition) is 2. The summed E-state index contributed by atoms with van der Waals surface area (Å²) < 4.78 is 0. The molecule has 0 atom stereocenters. The SMILES string of the molecule is C=C(NCCC)c1cccc(C(=C)C2=C(N=C(C)N3CCCCC3)CCC2)c1. The van der Waals surface area contributed by atoms with E-state index in [1.165, 1.54) is 48.4 Å². The predicted octanol–water partition coefficient (Wildman–Crippen LogP) is 6.01. The summed E-state index contributed by atoms with van der Waals surface area (Å²) in [5.74, 6) is 1.17. The van der Waals surface area contributed by atoms with Crippen molar-refractivity contribution in [2.24, 2.45) is 4.99 Å². The molecule has 1 aliphatic carbocycles. The molecule has 2 aliphatic rings. The second-order valence-electron chi connectivity index (χ2n) is 7.95. The van der Waals surface area contributed by atoms with Gasteiger partial charge in [-0.3, -0.25) is 0 Å². The molecule has 0 radical (unpaired) electrons. The lowest BCUT2D eigenvalue weighted by atomic mass is 9.96. The van der Waals surface area contributed by atoms with Gasteiger partial charge in [-0.2, -0.15) is 0 Å². The normalized spacial score (nSPS) is 17.8. The van der Waals surface area contributed by atoms with Crippen LogP contribution in [0.25, 0.3) is 11.3 Å². The molecule has 1 aromatic rings. The molecule has 3 rings (SSSR count). The Balaban J connectivity index is 1.80. The summed E-state index contributed by atoms with van der Waals surface area (Å²) in [6.07, 6.45) is 8.32. The van der Waals surface area contributed by atoms with Gasteiger partial charge in [-0.05, 0) is 80.2 Å². The van der Waals surface area contributed by atoms with Crippen molar-refractivity contribution in [2.75, 3.05) is 19.6 Å². The van der Waals surface area contributed by atoms with Gasteiger partial charge in [-0.1, -0.05) is 38.3 Å². The number of hydrogen-bond donors (Lipinski definition) is 1. The van der Waals surface area contributed by atoms with Crippen molar-refractivity contribution in [1.82, 2.24) is 10.2 Å². The largest absolute Gasteiger partial charge is 0.385 e. The highest BCUT2D eigenvalue weighted by molar-refractivity contribution is 5.84. The second-order valence-corrected chi connectivity index (χ2v) is 7.95. The molecule has 3 heteroatoms. The van der Waals surface area contributed by atoms with Crippen molar-refractivity contribution in [3.63, 3.8) is 0 Å². The van der Waals surface area contributed by atoms with Crippen LogP contribution in [0.2, 0.25) is 0 Å². The molecule has 1 N–H and O–H groups in total. The first-order chi connectivity index (χ1) is 13.6. The Hall–Kier alpha value is -2.29. The summed E-state index contributed by atoms with van der Waals surface area (Å²) in [7, 11) is 0. The van der Waals surface area contributed by atoms with Gasteiger partial charge in [0.2, 0.25) is 0 Å². The van der Waals surface area contributed by atoms with Crippen molar-refractivity contribution in [2.45, 2.75) is 58.8 Å². The number of piperidine rings is 1. The second kappa shape index (κ2) is 9.77. The maximum Gasteiger partial charge on any atom is 0.101 e. The molecule has 1 heterocycles. The van der Waals surface area contributed by atoms with Crippen LogP contribution in [-0.4, -0.2) is 30.4 Å². The van der Waals surface area contributed by atoms with Gasteiger partial charge < -0.3 is 10.2 Å². The molecule has 28 heavy (non-hydrogen) atoms. The fourth-order valence-corrected chi connectivity index (χ4v) is 4.11. The Kier molecular flexibility index (Phi) is 7.13. The molecule has 1 aliphatic heterocycles. The van der Waals surface area contributed by atoms with Crippen molar-refractivity contribution >= 4 is 17.1 Å². The van der Waals surface area contributed by atoms with E-state index >= 15 is 0 Å². The maximum atomic E-state index is 5.06. The summed E-state index contributed by atoms with van der Waals surface area (Å²) in [6, 6.07) is 8.58. The van der Waals surface area contributed by atoms with Gasteiger partial charge in [0.25, 0.3) is 0 Å². The minimum absolute atomic E-state index is 0.948. The van der Waals surface area contributed by atoms with Crippen LogP contribution in [0.3, 0.4) is 0 Å². The Morgan fingerprint density at radius 1 is 1.07 bits per heavy atom. The van der Waals surface area contributed by atoms with Crippen LogP contribution in [-0.2, 0) is 0 Å². The standard InChI is InChI=1S/C25H35N3/c1-5-15-26-20(3)23-12-9-11-22(18-23)19(2)24-13-10-14-25(24)27-21(4)28-16-7-6-8-17-28/h9,11-12,18,26H,2-3,5-8,10,13-17H2,1,4H3. The third kappa shape index (κ3) is 4.95. The van der Waals surface area contributed by atoms with E-state index in [0.717, 1.165) is 55.7 Å². The van der Waals surface area contributed by atoms with Crippen LogP contribution in [0.5, 0.6) is 0 Å². The van der Waals surface area contributed by atoms with Gasteiger partial charge in [0, 0.05) is 31.0 Å². The predicted molar refractivity (Wildman–Crippen MR) is 122 cm³/mol. The third-order valence-corrected chi connectivity index (χ3v) is 5.81. The first kappa shape index (κ1) is 20.4. The van der Waals surface area contributed by atoms with Crippen molar-refractivity contribution in [3.05, 3.63) is 59.8 Å². The molecule has 1 aromatic carbocycles. The van der Waals surface area contributed by atoms with E-state index in [9.17, 15) is 0 Å². The third-order valence-electron chi connectivity index (χ3n) is 5.81. The van der Waals surface area contributed by atoms with E-state index in [-0.39, 0.29) is 0 Å². The molecular formula is C25H35N3. The van der Waals surface area contributed by atoms with Crippen molar-refractivity contribution in [1.29, 1.82) is 0 Å². The highest BCUT2D eigenvalue weighted by atomic mass is 15.2. The summed E-state index contributed by atoms with van der Waals surface area (Å²) in [6.45, 7) is 16.2. The summed E-state index contributed by atoms with van der Waals surface area (Å²) in [5.41, 5.74) is 6.99. The Morgan fingerprint density at radius 2 is 1.82 bits per heavy atom. The van der Waals surface area contributed by atoms with E-state index in [2.05, 4.69) is 61.5 Å². The first-order valence-electron chi connectivity index (χ1n) is 10.8. The molecule has 0 saturated carbocycles. The molecule has 1 fully saturated rings. The molecule has 1 saturated heterocycles. The molecule has 0 unspecified atom stereocenters. The molecule has 150 valence electrons. The van der Waals surface area contributed by atoms with Gasteiger partial charge in [0.1, 0.15) is 5.84 Å². The zero-order valence-electron chi connectivity index (χ0n) is 17.7. The van der Waals surface area contributed by atoms with Gasteiger partial charge in [0.05, 0.1) is 0 Å². The number of rotatable bonds is 7. The average molecular weight is 378 g/mol. The highest BCUT2D eigenvalue weighted by Gasteiger charge is 2.19. The Morgan fingerprint density at radius 3 is 2.57 bits per heavy atom. The number of amidine groups is 1. The van der Waals surface area contributed by atoms with Crippen LogP contribution in [0, 0.1) is 0 Å². The molecule has 0 amide bonds. The van der Waals surface area contributed by atoms with Crippen molar-refractivity contribution < 1.29 is 0 Å². The van der Waals surface area contributed by atoms with Gasteiger partial charge >= 0.3 is 0 Å². The Labute approximate surface area is 170 Å². The van der Waals surface area contributed by atoms with Gasteiger partial charge in [0.15, 0.2) is 0 Å². The van der Waals surface area contributed by atoms with Gasteiger partial charge in [-0.15, -0.1) is 0 Å². The maximum absolute atomic E-state index is 5.06. The van der Waals surface area contributed by atoms with Gasteiger partial charge in [-0.25, -0.2) is 4.99 Å². The monoisotopic (exact) mass is 377 g/mol. The highest BCUT2D eigenvalue weighted by Crippen LogP contribution is 2.36. The Bertz CT molecular complexity index is 779. The molecule has 0 bridgehead atoms. The number of benzene rings is 1. The van der Waals surface area contributed by atoms with Crippen LogP contribution >= 0.6 is 0 Å². The first-order valence-corrected chi connectivity index (χ1v) is 10.8. The number of nitrogens with zero attached hydrogens (tertiary/aromatic N) is 2. The van der Waals surface area contributed by atoms with E-state index < -0.39 is 0 Å². The van der Waals surface area contributed by atoms with Crippen LogP contribution < -0.4 is 5.32 Å². The summed E-state index contributed by atoms with van der Waals surface area (Å²) >= 11 is 0. The smallest absolute Gasteiger partial charge is 0.101 e. The topological polar surface area (TPSA) is 27.6 Å². The molecule has 0 aromatic heterocycles. The van der Waals surface area contributed by atoms with E-state index in [4.69, 9.17) is 4.99 Å². The van der Waals surface area contributed by atoms with Crippen molar-refractivity contribution in [3.8, 4) is 0 Å². The molecule has 0 spiro atoms.